The fourth-order valence-corrected chi connectivity index (χ4v) is 4.04. The van der Waals surface area contributed by atoms with Crippen LogP contribution in [0.5, 0.6) is 0 Å². The average molecular weight is 451 g/mol. The number of benzene rings is 2. The molecule has 0 N–H and O–H groups in total. The van der Waals surface area contributed by atoms with Crippen molar-refractivity contribution in [3.63, 3.8) is 0 Å². The number of rotatable bonds is 6. The Morgan fingerprint density at radius 2 is 1.79 bits per heavy atom. The minimum absolute atomic E-state index is 0.208. The molecule has 0 unspecified atom stereocenters. The molecule has 0 aliphatic carbocycles. The van der Waals surface area contributed by atoms with Crippen LogP contribution in [-0.2, 0) is 6.42 Å². The smallest absolute Gasteiger partial charge is 0.265 e. The molecule has 4 aromatic rings. The van der Waals surface area contributed by atoms with Gasteiger partial charge >= 0.3 is 0 Å². The van der Waals surface area contributed by atoms with E-state index >= 15 is 0 Å². The second kappa shape index (κ2) is 9.10. The molecule has 1 atom stereocenters. The van der Waals surface area contributed by atoms with Gasteiger partial charge in [-0.1, -0.05) is 24.3 Å². The number of aryl methyl sites for hydroxylation is 2. The summed E-state index contributed by atoms with van der Waals surface area (Å²) in [5, 5.41) is 0. The third-order valence-corrected chi connectivity index (χ3v) is 5.78. The molecule has 4 nitrogen and oxygen atoms in total. The highest BCUT2D eigenvalue weighted by Crippen LogP contribution is 2.24. The Bertz CT molecular complexity index is 1360. The molecular weight excluding hydrogens is 427 g/mol. The molecule has 0 fully saturated rings. The van der Waals surface area contributed by atoms with E-state index in [0.717, 1.165) is 22.5 Å². The number of hydrogen-bond donors (Lipinski definition) is 0. The molecule has 0 aliphatic heterocycles. The highest BCUT2D eigenvalue weighted by atomic mass is 19.3. The number of halogens is 3. The van der Waals surface area contributed by atoms with Gasteiger partial charge in [0, 0.05) is 35.6 Å². The van der Waals surface area contributed by atoms with E-state index in [0.29, 0.717) is 5.56 Å². The van der Waals surface area contributed by atoms with Gasteiger partial charge in [-0.25, -0.2) is 18.2 Å². The van der Waals surface area contributed by atoms with Gasteiger partial charge in [0.05, 0.1) is 18.1 Å². The maximum absolute atomic E-state index is 13.7. The number of nitrogens with zero attached hydrogens (tertiary/aromatic N) is 3. The first-order valence-electron chi connectivity index (χ1n) is 10.6. The van der Waals surface area contributed by atoms with Gasteiger partial charge in [0.2, 0.25) is 0 Å². The fourth-order valence-electron chi connectivity index (χ4n) is 4.04. The van der Waals surface area contributed by atoms with Crippen molar-refractivity contribution in [3.8, 4) is 5.69 Å². The Hall–Kier alpha value is -3.61. The zero-order valence-corrected chi connectivity index (χ0v) is 18.6. The highest BCUT2D eigenvalue weighted by Gasteiger charge is 2.18. The number of pyridine rings is 1. The topological polar surface area (TPSA) is 39.8 Å². The van der Waals surface area contributed by atoms with E-state index in [9.17, 15) is 18.0 Å². The van der Waals surface area contributed by atoms with Crippen LogP contribution in [0, 0.1) is 19.7 Å². The third-order valence-electron chi connectivity index (χ3n) is 5.78. The largest absolute Gasteiger partial charge is 0.308 e. The van der Waals surface area contributed by atoms with Crippen LogP contribution in [0.3, 0.4) is 0 Å². The van der Waals surface area contributed by atoms with E-state index in [4.69, 9.17) is 0 Å². The van der Waals surface area contributed by atoms with Crippen molar-refractivity contribution in [3.05, 3.63) is 117 Å². The third kappa shape index (κ3) is 4.77. The van der Waals surface area contributed by atoms with Gasteiger partial charge in [0.25, 0.3) is 12.0 Å². The molecule has 4 rings (SSSR count). The summed E-state index contributed by atoms with van der Waals surface area (Å²) in [4.78, 5) is 17.5. The maximum atomic E-state index is 13.7. The lowest BCUT2D eigenvalue weighted by Gasteiger charge is -2.19. The highest BCUT2D eigenvalue weighted by molar-refractivity contribution is 5.44. The Balaban J connectivity index is 1.72. The van der Waals surface area contributed by atoms with E-state index in [-0.39, 0.29) is 23.1 Å². The molecule has 2 aromatic heterocycles. The Morgan fingerprint density at radius 3 is 2.42 bits per heavy atom. The van der Waals surface area contributed by atoms with E-state index in [2.05, 4.69) is 4.98 Å². The molecular formula is C26H24F3N3O. The van der Waals surface area contributed by atoms with Gasteiger partial charge in [-0.2, -0.15) is 0 Å². The Morgan fingerprint density at radius 1 is 1.00 bits per heavy atom. The summed E-state index contributed by atoms with van der Waals surface area (Å²) in [6, 6.07) is 12.3. The first-order chi connectivity index (χ1) is 15.7. The number of imidazole rings is 1. The summed E-state index contributed by atoms with van der Waals surface area (Å²) in [5.74, 6) is -0.443. The van der Waals surface area contributed by atoms with Crippen molar-refractivity contribution in [2.24, 2.45) is 0 Å². The van der Waals surface area contributed by atoms with Crippen LogP contribution in [0.25, 0.3) is 5.69 Å². The summed E-state index contributed by atoms with van der Waals surface area (Å²) in [5.41, 5.74) is 3.85. The minimum Gasteiger partial charge on any atom is -0.308 e. The lowest BCUT2D eigenvalue weighted by molar-refractivity contribution is 0.150. The average Bonchev–Trinajstić information content (AvgIpc) is 3.20. The molecule has 2 heterocycles. The van der Waals surface area contributed by atoms with Crippen molar-refractivity contribution in [2.75, 3.05) is 0 Å². The summed E-state index contributed by atoms with van der Waals surface area (Å²) in [6.45, 7) is 5.56. The van der Waals surface area contributed by atoms with Crippen LogP contribution in [-0.4, -0.2) is 14.1 Å². The predicted octanol–water partition coefficient (Wildman–Crippen LogP) is 5.93. The SMILES string of the molecule is Cc1cn(-c2ccc(Cc3cc(C(F)F)cn([C@@H](C)c4cccc(F)c4)c3=O)cc2C)cn1. The summed E-state index contributed by atoms with van der Waals surface area (Å²) in [7, 11) is 0. The molecule has 0 spiro atoms. The Labute approximate surface area is 190 Å². The van der Waals surface area contributed by atoms with Gasteiger partial charge in [0.1, 0.15) is 5.82 Å². The monoisotopic (exact) mass is 451 g/mol. The van der Waals surface area contributed by atoms with E-state index < -0.39 is 18.3 Å². The van der Waals surface area contributed by atoms with Gasteiger partial charge in [-0.3, -0.25) is 4.79 Å². The van der Waals surface area contributed by atoms with Gasteiger partial charge in [-0.15, -0.1) is 0 Å². The number of alkyl halides is 2. The molecule has 2 aromatic carbocycles. The molecule has 170 valence electrons. The Kier molecular flexibility index (Phi) is 6.22. The first-order valence-corrected chi connectivity index (χ1v) is 10.6. The van der Waals surface area contributed by atoms with Crippen LogP contribution in [0.1, 0.15) is 52.9 Å². The van der Waals surface area contributed by atoms with E-state index in [1.54, 1.807) is 19.3 Å². The molecule has 0 saturated carbocycles. The molecule has 0 amide bonds. The zero-order valence-electron chi connectivity index (χ0n) is 18.6. The van der Waals surface area contributed by atoms with Gasteiger partial charge in [0.15, 0.2) is 0 Å². The van der Waals surface area contributed by atoms with E-state index in [1.165, 1.54) is 35.0 Å². The molecule has 0 aliphatic rings. The van der Waals surface area contributed by atoms with Crippen molar-refractivity contribution in [1.82, 2.24) is 14.1 Å². The van der Waals surface area contributed by atoms with E-state index in [1.807, 2.05) is 42.8 Å². The standard InChI is InChI=1S/C26H24F3N3O/c1-16-9-19(7-8-24(16)31-13-17(2)30-15-31)10-21-11-22(25(28)29)14-32(26(21)33)18(3)20-5-4-6-23(27)12-20/h4-9,11-15,18,25H,10H2,1-3H3/t18-/m0/s1. The summed E-state index contributed by atoms with van der Waals surface area (Å²) in [6.07, 6.45) is 2.29. The summed E-state index contributed by atoms with van der Waals surface area (Å²) < 4.78 is 44.2. The van der Waals surface area contributed by atoms with Gasteiger partial charge < -0.3 is 9.13 Å². The van der Waals surface area contributed by atoms with Crippen LogP contribution < -0.4 is 5.56 Å². The zero-order chi connectivity index (χ0) is 23.7. The quantitative estimate of drug-likeness (QED) is 0.365. The van der Waals surface area contributed by atoms with Crippen molar-refractivity contribution < 1.29 is 13.2 Å². The normalized spacial score (nSPS) is 12.3. The predicted molar refractivity (Wildman–Crippen MR) is 122 cm³/mol. The van der Waals surface area contributed by atoms with Crippen LogP contribution in [0.2, 0.25) is 0 Å². The molecule has 0 bridgehead atoms. The fraction of sp³-hybridized carbons (Fsp3) is 0.231. The lowest BCUT2D eigenvalue weighted by Crippen LogP contribution is -2.27. The lowest BCUT2D eigenvalue weighted by atomic mass is 10.0. The maximum Gasteiger partial charge on any atom is 0.265 e. The molecule has 0 saturated heterocycles. The summed E-state index contributed by atoms with van der Waals surface area (Å²) >= 11 is 0. The number of hydrogen-bond acceptors (Lipinski definition) is 2. The second-order valence-electron chi connectivity index (χ2n) is 8.26. The molecule has 0 radical (unpaired) electrons. The van der Waals surface area contributed by atoms with Gasteiger partial charge in [-0.05, 0) is 61.7 Å². The van der Waals surface area contributed by atoms with Crippen LogP contribution >= 0.6 is 0 Å². The van der Waals surface area contributed by atoms with Crippen molar-refractivity contribution >= 4 is 0 Å². The molecule has 7 heteroatoms. The van der Waals surface area contributed by atoms with Crippen molar-refractivity contribution in [1.29, 1.82) is 0 Å². The first kappa shape index (κ1) is 22.6. The minimum atomic E-state index is -2.73. The number of aromatic nitrogens is 3. The molecule has 33 heavy (non-hydrogen) atoms. The van der Waals surface area contributed by atoms with Crippen molar-refractivity contribution in [2.45, 2.75) is 39.7 Å². The second-order valence-corrected chi connectivity index (χ2v) is 8.26. The van der Waals surface area contributed by atoms with Crippen LogP contribution in [0.4, 0.5) is 13.2 Å². The van der Waals surface area contributed by atoms with Crippen LogP contribution in [0.15, 0.2) is 72.0 Å².